The van der Waals surface area contributed by atoms with Gasteiger partial charge in [0.05, 0.1) is 5.41 Å². The van der Waals surface area contributed by atoms with Crippen LogP contribution >= 0.6 is 0 Å². The molecule has 0 spiro atoms. The van der Waals surface area contributed by atoms with Crippen molar-refractivity contribution in [2.45, 2.75) is 77.9 Å². The summed E-state index contributed by atoms with van der Waals surface area (Å²) < 4.78 is 0. The highest BCUT2D eigenvalue weighted by molar-refractivity contribution is 6.01. The van der Waals surface area contributed by atoms with Crippen molar-refractivity contribution in [3.8, 4) is 0 Å². The molecule has 6 heteroatoms. The fourth-order valence-electron chi connectivity index (χ4n) is 8.38. The molecule has 0 aliphatic heterocycles. The first-order chi connectivity index (χ1) is 14.5. The van der Waals surface area contributed by atoms with Crippen molar-refractivity contribution in [2.75, 3.05) is 6.61 Å². The Hall–Kier alpha value is -1.50. The maximum atomic E-state index is 13.2. The summed E-state index contributed by atoms with van der Waals surface area (Å²) in [5.74, 6) is -2.25. The highest BCUT2D eigenvalue weighted by atomic mass is 16.5. The Kier molecular flexibility index (Phi) is 5.31. The summed E-state index contributed by atoms with van der Waals surface area (Å²) in [5, 5.41) is 43.1. The molecule has 4 rings (SSSR count). The highest BCUT2D eigenvalue weighted by Gasteiger charge is 2.72. The van der Waals surface area contributed by atoms with Gasteiger partial charge in [-0.2, -0.15) is 0 Å². The van der Waals surface area contributed by atoms with Gasteiger partial charge in [0.2, 0.25) is 0 Å². The number of aliphatic hydroxyl groups excluding tert-OH is 2. The van der Waals surface area contributed by atoms with Crippen molar-refractivity contribution in [2.24, 2.45) is 34.0 Å². The number of carbonyl (C=O) groups is 2. The predicted octanol–water partition coefficient (Wildman–Crippen LogP) is 3.21. The van der Waals surface area contributed by atoms with Gasteiger partial charge in [0.25, 0.3) is 0 Å². The number of Topliss-reactive ketones (excluding diaryl/α,β-unsaturated/α-hetero) is 1. The van der Waals surface area contributed by atoms with Crippen LogP contribution in [-0.4, -0.2) is 44.4 Å². The minimum absolute atomic E-state index is 0.0843. The number of ketones is 2. The minimum Gasteiger partial charge on any atom is -0.511 e. The molecule has 4 aliphatic carbocycles. The van der Waals surface area contributed by atoms with Crippen LogP contribution in [0, 0.1) is 34.0 Å². The topological polar surface area (TPSA) is 115 Å². The molecule has 0 heterocycles. The Labute approximate surface area is 184 Å². The highest BCUT2D eigenvalue weighted by Crippen LogP contribution is 2.72. The summed E-state index contributed by atoms with van der Waals surface area (Å²) in [6.07, 6.45) is 7.57. The standard InChI is InChI=1S/C25H36O6/c1-4-9-25(30,31)24(21(29)14-26)11-8-18-17-6-5-15-12-16(27)13-20(28)23(15,3)19(17)7-10-22(18,24)2/h12-13,17-19,26,28,30-31H,4-11,14H2,1-3H3/t17-,18-,19-,22-,23-,24-/m0/s1. The molecular weight excluding hydrogens is 396 g/mol. The van der Waals surface area contributed by atoms with E-state index in [9.17, 15) is 30.0 Å². The lowest BCUT2D eigenvalue weighted by Gasteiger charge is -2.60. The largest absolute Gasteiger partial charge is 0.511 e. The summed E-state index contributed by atoms with van der Waals surface area (Å²) in [6, 6.07) is 0. The van der Waals surface area contributed by atoms with Gasteiger partial charge in [0.15, 0.2) is 17.4 Å². The van der Waals surface area contributed by atoms with Crippen LogP contribution in [0.1, 0.15) is 72.1 Å². The summed E-state index contributed by atoms with van der Waals surface area (Å²) in [4.78, 5) is 25.2. The van der Waals surface area contributed by atoms with E-state index >= 15 is 0 Å². The average molecular weight is 433 g/mol. The van der Waals surface area contributed by atoms with Crippen LogP contribution in [0.2, 0.25) is 0 Å². The van der Waals surface area contributed by atoms with Gasteiger partial charge in [-0.25, -0.2) is 0 Å². The molecule has 0 aromatic heterocycles. The molecule has 0 unspecified atom stereocenters. The van der Waals surface area contributed by atoms with Crippen LogP contribution in [0.15, 0.2) is 23.5 Å². The summed E-state index contributed by atoms with van der Waals surface area (Å²) in [6.45, 7) is 5.20. The first-order valence-corrected chi connectivity index (χ1v) is 11.7. The van der Waals surface area contributed by atoms with Gasteiger partial charge in [0.1, 0.15) is 12.4 Å². The molecule has 0 aromatic carbocycles. The van der Waals surface area contributed by atoms with E-state index in [0.29, 0.717) is 32.1 Å². The molecule has 0 aromatic rings. The van der Waals surface area contributed by atoms with Gasteiger partial charge in [-0.3, -0.25) is 9.59 Å². The molecule has 6 nitrogen and oxygen atoms in total. The Morgan fingerprint density at radius 1 is 1.13 bits per heavy atom. The number of aliphatic hydroxyl groups is 4. The van der Waals surface area contributed by atoms with Gasteiger partial charge >= 0.3 is 0 Å². The van der Waals surface area contributed by atoms with Crippen molar-refractivity contribution >= 4 is 11.6 Å². The minimum atomic E-state index is -2.17. The van der Waals surface area contributed by atoms with Crippen LogP contribution in [0.25, 0.3) is 0 Å². The summed E-state index contributed by atoms with van der Waals surface area (Å²) in [7, 11) is 0. The quantitative estimate of drug-likeness (QED) is 0.496. The van der Waals surface area contributed by atoms with Gasteiger partial charge in [-0.05, 0) is 74.7 Å². The van der Waals surface area contributed by atoms with E-state index in [2.05, 4.69) is 0 Å². The molecule has 3 fully saturated rings. The van der Waals surface area contributed by atoms with Gasteiger partial charge in [-0.15, -0.1) is 0 Å². The van der Waals surface area contributed by atoms with Gasteiger partial charge in [-0.1, -0.05) is 25.8 Å². The van der Waals surface area contributed by atoms with Crippen LogP contribution in [0.3, 0.4) is 0 Å². The second kappa shape index (κ2) is 7.26. The number of hydrogen-bond donors (Lipinski definition) is 4. The maximum Gasteiger partial charge on any atom is 0.181 e. The van der Waals surface area contributed by atoms with E-state index in [1.165, 1.54) is 6.08 Å². The summed E-state index contributed by atoms with van der Waals surface area (Å²) >= 11 is 0. The lowest BCUT2D eigenvalue weighted by Crippen LogP contribution is -2.63. The Balaban J connectivity index is 1.77. The van der Waals surface area contributed by atoms with Gasteiger partial charge in [0, 0.05) is 17.9 Å². The monoisotopic (exact) mass is 432 g/mol. The number of hydrogen-bond acceptors (Lipinski definition) is 6. The second-order valence-electron chi connectivity index (χ2n) is 10.8. The molecule has 172 valence electrons. The molecule has 0 amide bonds. The van der Waals surface area contributed by atoms with Crippen LogP contribution in [0.4, 0.5) is 0 Å². The lowest BCUT2D eigenvalue weighted by molar-refractivity contribution is -0.275. The fourth-order valence-corrected chi connectivity index (χ4v) is 8.38. The molecule has 4 N–H and O–H groups in total. The van der Waals surface area contributed by atoms with E-state index in [0.717, 1.165) is 18.4 Å². The van der Waals surface area contributed by atoms with Crippen LogP contribution < -0.4 is 0 Å². The van der Waals surface area contributed by atoms with Crippen molar-refractivity contribution in [3.63, 3.8) is 0 Å². The fraction of sp³-hybridized carbons (Fsp3) is 0.760. The van der Waals surface area contributed by atoms with Crippen LogP contribution in [0.5, 0.6) is 0 Å². The normalized spacial score (nSPS) is 42.3. The van der Waals surface area contributed by atoms with Crippen molar-refractivity contribution < 1.29 is 30.0 Å². The SMILES string of the molecule is CCCC(O)(O)[C@]1(C(=O)CO)CC[C@H]2[C@@H]3CCC4=CC(=O)C=C(O)[C@]4(C)[C@H]3CC[C@@]21C. The van der Waals surface area contributed by atoms with E-state index in [-0.39, 0.29) is 35.7 Å². The Morgan fingerprint density at radius 3 is 2.45 bits per heavy atom. The number of carbonyl (C=O) groups excluding carboxylic acids is 2. The number of allylic oxidation sites excluding steroid dienone is 3. The number of fused-ring (bicyclic) bond motifs is 5. The molecular formula is C25H36O6. The third-order valence-electron chi connectivity index (χ3n) is 9.82. The third-order valence-corrected chi connectivity index (χ3v) is 9.82. The van der Waals surface area contributed by atoms with Crippen molar-refractivity contribution in [1.29, 1.82) is 0 Å². The second-order valence-corrected chi connectivity index (χ2v) is 10.8. The van der Waals surface area contributed by atoms with Crippen molar-refractivity contribution in [1.82, 2.24) is 0 Å². The Bertz CT molecular complexity index is 856. The van der Waals surface area contributed by atoms with E-state index < -0.39 is 34.4 Å². The summed E-state index contributed by atoms with van der Waals surface area (Å²) in [5.41, 5.74) is -1.63. The zero-order valence-corrected chi connectivity index (χ0v) is 18.9. The van der Waals surface area contributed by atoms with E-state index in [1.807, 2.05) is 20.8 Å². The first kappa shape index (κ1) is 22.7. The molecule has 0 saturated heterocycles. The molecule has 3 saturated carbocycles. The van der Waals surface area contributed by atoms with E-state index in [1.54, 1.807) is 6.08 Å². The number of rotatable bonds is 5. The third kappa shape index (κ3) is 2.74. The molecule has 31 heavy (non-hydrogen) atoms. The average Bonchev–Trinajstić information content (AvgIpc) is 3.03. The van der Waals surface area contributed by atoms with Crippen LogP contribution in [-0.2, 0) is 9.59 Å². The lowest BCUT2D eigenvalue weighted by atomic mass is 9.44. The predicted molar refractivity (Wildman–Crippen MR) is 115 cm³/mol. The molecule has 4 aliphatic rings. The molecule has 6 atom stereocenters. The zero-order valence-electron chi connectivity index (χ0n) is 18.9. The van der Waals surface area contributed by atoms with Gasteiger partial charge < -0.3 is 20.4 Å². The van der Waals surface area contributed by atoms with E-state index in [4.69, 9.17) is 0 Å². The molecule has 0 bridgehead atoms. The van der Waals surface area contributed by atoms with Crippen molar-refractivity contribution in [3.05, 3.63) is 23.5 Å². The smallest absolute Gasteiger partial charge is 0.181 e. The zero-order chi connectivity index (χ0) is 22.8. The Morgan fingerprint density at radius 2 is 1.81 bits per heavy atom. The maximum absolute atomic E-state index is 13.2. The first-order valence-electron chi connectivity index (χ1n) is 11.7. The molecule has 0 radical (unpaired) electrons.